The molecule has 12 nitrogen and oxygen atoms in total. The van der Waals surface area contributed by atoms with E-state index in [0.717, 1.165) is 6.26 Å². The highest BCUT2D eigenvalue weighted by atomic mass is 16.6. The van der Waals surface area contributed by atoms with Crippen LogP contribution in [-0.4, -0.2) is 40.6 Å². The first-order valence-corrected chi connectivity index (χ1v) is 6.31. The van der Waals surface area contributed by atoms with E-state index in [-0.39, 0.29) is 29.4 Å². The van der Waals surface area contributed by atoms with E-state index < -0.39 is 5.69 Å². The van der Waals surface area contributed by atoms with Crippen molar-refractivity contribution < 1.29 is 14.2 Å². The van der Waals surface area contributed by atoms with E-state index in [9.17, 15) is 4.79 Å². The first-order chi connectivity index (χ1) is 11.8. The summed E-state index contributed by atoms with van der Waals surface area (Å²) < 4.78 is 15.8. The monoisotopic (exact) mass is 328 g/mol. The van der Waals surface area contributed by atoms with Crippen molar-refractivity contribution in [1.29, 1.82) is 0 Å². The summed E-state index contributed by atoms with van der Waals surface area (Å²) in [5, 5.41) is 16.4. The van der Waals surface area contributed by atoms with E-state index in [1.807, 2.05) is 0 Å². The highest BCUT2D eigenvalue weighted by Gasteiger charge is 2.17. The van der Waals surface area contributed by atoms with Crippen LogP contribution in [-0.2, 0) is 0 Å². The van der Waals surface area contributed by atoms with Gasteiger partial charge in [0.25, 0.3) is 17.6 Å². The number of aromatic amines is 1. The second kappa shape index (κ2) is 6.87. The van der Waals surface area contributed by atoms with Crippen LogP contribution in [0.25, 0.3) is 0 Å². The molecule has 0 radical (unpaired) electrons. The van der Waals surface area contributed by atoms with Gasteiger partial charge in [-0.3, -0.25) is 0 Å². The number of H-pyrrole nitrogens is 1. The molecule has 0 aliphatic carbocycles. The lowest BCUT2D eigenvalue weighted by Crippen LogP contribution is -2.14. The minimum absolute atomic E-state index is 0.0372. The number of nitrogens with one attached hydrogen (secondary N) is 1. The Balaban J connectivity index is 1.94. The molecule has 1 N–H and O–H groups in total. The van der Waals surface area contributed by atoms with Crippen LogP contribution in [0, 0.1) is 0 Å². The van der Waals surface area contributed by atoms with E-state index in [1.54, 1.807) is 0 Å². The highest BCUT2D eigenvalue weighted by molar-refractivity contribution is 5.34. The summed E-state index contributed by atoms with van der Waals surface area (Å²) in [6.07, 6.45) is 5.27. The summed E-state index contributed by atoms with van der Waals surface area (Å²) in [5.41, 5.74) is -0.749. The molecule has 120 valence electrons. The fourth-order valence-corrected chi connectivity index (χ4v) is 1.46. The van der Waals surface area contributed by atoms with Crippen molar-refractivity contribution in [3.05, 3.63) is 48.0 Å². The van der Waals surface area contributed by atoms with E-state index in [0.29, 0.717) is 0 Å². The maximum atomic E-state index is 11.4. The predicted octanol–water partition coefficient (Wildman–Crippen LogP) is 0.247. The van der Waals surface area contributed by atoms with Crippen molar-refractivity contribution >= 4 is 0 Å². The van der Waals surface area contributed by atoms with Gasteiger partial charge in [0.15, 0.2) is 0 Å². The third kappa shape index (κ3) is 3.44. The van der Waals surface area contributed by atoms with Gasteiger partial charge in [-0.1, -0.05) is 11.7 Å². The van der Waals surface area contributed by atoms with E-state index >= 15 is 0 Å². The van der Waals surface area contributed by atoms with Crippen LogP contribution >= 0.6 is 0 Å². The lowest BCUT2D eigenvalue weighted by Gasteiger charge is -2.09. The molecule has 12 heteroatoms. The maximum absolute atomic E-state index is 11.4. The lowest BCUT2D eigenvalue weighted by atomic mass is 10.6. The summed E-state index contributed by atoms with van der Waals surface area (Å²) in [4.78, 5) is 22.9. The van der Waals surface area contributed by atoms with Gasteiger partial charge in [-0.05, 0) is 5.21 Å². The molecule has 0 spiro atoms. The molecule has 3 aromatic heterocycles. The third-order valence-corrected chi connectivity index (χ3v) is 2.34. The second-order valence-electron chi connectivity index (χ2n) is 3.87. The SMILES string of the molecule is C=COc1nccnc1Oc1n[nH]c(=O)nc1Oc1ccnnn1. The molecule has 0 bridgehead atoms. The number of rotatable bonds is 6. The van der Waals surface area contributed by atoms with Crippen LogP contribution in [0.1, 0.15) is 0 Å². The topological polar surface area (TPSA) is 151 Å². The van der Waals surface area contributed by atoms with Gasteiger partial charge in [-0.2, -0.15) is 4.98 Å². The normalized spacial score (nSPS) is 10.0. The van der Waals surface area contributed by atoms with Gasteiger partial charge in [0, 0.05) is 18.5 Å². The molecule has 0 amide bonds. The molecule has 3 aromatic rings. The van der Waals surface area contributed by atoms with Crippen LogP contribution in [0.2, 0.25) is 0 Å². The van der Waals surface area contributed by atoms with Crippen molar-refractivity contribution in [3.8, 4) is 29.4 Å². The molecular formula is C12H8N8O4. The molecule has 0 unspecified atom stereocenters. The first-order valence-electron chi connectivity index (χ1n) is 6.31. The smallest absolute Gasteiger partial charge is 0.364 e. The number of hydrogen-bond acceptors (Lipinski definition) is 11. The van der Waals surface area contributed by atoms with Crippen LogP contribution < -0.4 is 19.9 Å². The Bertz CT molecular complexity index is 901. The van der Waals surface area contributed by atoms with Crippen molar-refractivity contribution in [3.63, 3.8) is 0 Å². The molecule has 0 saturated heterocycles. The molecule has 3 rings (SSSR count). The maximum Gasteiger partial charge on any atom is 0.364 e. The summed E-state index contributed by atoms with van der Waals surface area (Å²) in [6.45, 7) is 3.42. The van der Waals surface area contributed by atoms with Crippen molar-refractivity contribution in [2.75, 3.05) is 0 Å². The Labute approximate surface area is 133 Å². The average Bonchev–Trinajstić information content (AvgIpc) is 2.60. The van der Waals surface area contributed by atoms with Gasteiger partial charge in [0.1, 0.15) is 0 Å². The average molecular weight is 328 g/mol. The van der Waals surface area contributed by atoms with E-state index in [1.165, 1.54) is 24.7 Å². The molecule has 24 heavy (non-hydrogen) atoms. The number of ether oxygens (including phenoxy) is 3. The Kier molecular flexibility index (Phi) is 4.28. The number of nitrogens with zero attached hydrogens (tertiary/aromatic N) is 7. The van der Waals surface area contributed by atoms with Gasteiger partial charge >= 0.3 is 11.6 Å². The minimum Gasteiger partial charge on any atom is -0.443 e. The molecule has 0 fully saturated rings. The van der Waals surface area contributed by atoms with Gasteiger partial charge in [-0.25, -0.2) is 19.9 Å². The highest BCUT2D eigenvalue weighted by Crippen LogP contribution is 2.31. The lowest BCUT2D eigenvalue weighted by molar-refractivity contribution is 0.344. The molecule has 3 heterocycles. The quantitative estimate of drug-likeness (QED) is 0.619. The van der Waals surface area contributed by atoms with E-state index in [2.05, 4.69) is 47.1 Å². The zero-order valence-electron chi connectivity index (χ0n) is 11.9. The Hall–Kier alpha value is -3.96. The van der Waals surface area contributed by atoms with E-state index in [4.69, 9.17) is 14.2 Å². The summed E-state index contributed by atoms with van der Waals surface area (Å²) in [6, 6.07) is 1.41. The number of aromatic nitrogens is 8. The Morgan fingerprint density at radius 3 is 2.62 bits per heavy atom. The summed E-state index contributed by atoms with van der Waals surface area (Å²) in [5.74, 6) is -0.409. The van der Waals surface area contributed by atoms with Crippen LogP contribution in [0.4, 0.5) is 0 Å². The number of hydrogen-bond donors (Lipinski definition) is 1. The molecule has 0 saturated carbocycles. The summed E-state index contributed by atoms with van der Waals surface area (Å²) in [7, 11) is 0. The zero-order chi connectivity index (χ0) is 16.8. The van der Waals surface area contributed by atoms with Crippen LogP contribution in [0.5, 0.6) is 29.4 Å². The largest absolute Gasteiger partial charge is 0.443 e. The Morgan fingerprint density at radius 2 is 1.88 bits per heavy atom. The van der Waals surface area contributed by atoms with Crippen molar-refractivity contribution in [2.24, 2.45) is 0 Å². The van der Waals surface area contributed by atoms with Gasteiger partial charge in [0.2, 0.25) is 5.88 Å². The molecule has 0 aliphatic heterocycles. The van der Waals surface area contributed by atoms with Crippen molar-refractivity contribution in [2.45, 2.75) is 0 Å². The second-order valence-corrected chi connectivity index (χ2v) is 3.87. The molecule has 0 atom stereocenters. The first kappa shape index (κ1) is 15.0. The summed E-state index contributed by atoms with van der Waals surface area (Å²) >= 11 is 0. The third-order valence-electron chi connectivity index (χ3n) is 2.34. The fraction of sp³-hybridized carbons (Fsp3) is 0. The molecular weight excluding hydrogens is 320 g/mol. The van der Waals surface area contributed by atoms with Gasteiger partial charge in [-0.15, -0.1) is 10.2 Å². The molecule has 0 aliphatic rings. The fourth-order valence-electron chi connectivity index (χ4n) is 1.46. The van der Waals surface area contributed by atoms with Gasteiger partial charge in [0.05, 0.1) is 12.5 Å². The van der Waals surface area contributed by atoms with Crippen molar-refractivity contribution in [1.82, 2.24) is 40.6 Å². The Morgan fingerprint density at radius 1 is 1.04 bits per heavy atom. The predicted molar refractivity (Wildman–Crippen MR) is 75.5 cm³/mol. The minimum atomic E-state index is -0.749. The molecule has 0 aromatic carbocycles. The zero-order valence-corrected chi connectivity index (χ0v) is 11.9. The van der Waals surface area contributed by atoms with Gasteiger partial charge < -0.3 is 14.2 Å². The van der Waals surface area contributed by atoms with Crippen LogP contribution in [0.15, 0.2) is 42.3 Å². The standard InChI is InChI=1S/C12H8N8O4/c1-2-22-8-9(14-6-5-13-8)24-11-10(16-12(21)19-18-11)23-7-3-4-15-20-17-7/h2-6H,1H2,(H,16,19,21). The van der Waals surface area contributed by atoms with Crippen LogP contribution in [0.3, 0.4) is 0 Å².